The zero-order valence-corrected chi connectivity index (χ0v) is 15.6. The van der Waals surface area contributed by atoms with Gasteiger partial charge in [0.05, 0.1) is 14.2 Å². The van der Waals surface area contributed by atoms with Crippen molar-refractivity contribution < 1.29 is 19.1 Å². The zero-order chi connectivity index (χ0) is 19.2. The van der Waals surface area contributed by atoms with Crippen LogP contribution in [-0.2, 0) is 16.0 Å². The van der Waals surface area contributed by atoms with Crippen LogP contribution >= 0.6 is 0 Å². The Morgan fingerprint density at radius 1 is 1.11 bits per heavy atom. The molecule has 1 fully saturated rings. The quantitative estimate of drug-likeness (QED) is 0.762. The molecule has 0 aliphatic carbocycles. The van der Waals surface area contributed by atoms with Gasteiger partial charge < -0.3 is 19.7 Å². The molecule has 1 atom stereocenters. The Morgan fingerprint density at radius 2 is 1.85 bits per heavy atom. The van der Waals surface area contributed by atoms with Crippen molar-refractivity contribution in [2.24, 2.45) is 5.92 Å². The van der Waals surface area contributed by atoms with E-state index in [4.69, 9.17) is 9.47 Å². The van der Waals surface area contributed by atoms with Gasteiger partial charge in [-0.1, -0.05) is 24.3 Å². The van der Waals surface area contributed by atoms with Crippen LogP contribution in [0.4, 0.5) is 5.69 Å². The minimum absolute atomic E-state index is 0.134. The van der Waals surface area contributed by atoms with Gasteiger partial charge in [-0.25, -0.2) is 0 Å². The van der Waals surface area contributed by atoms with Crippen molar-refractivity contribution in [2.45, 2.75) is 12.8 Å². The van der Waals surface area contributed by atoms with Gasteiger partial charge >= 0.3 is 0 Å². The molecule has 1 unspecified atom stereocenters. The zero-order valence-electron chi connectivity index (χ0n) is 15.6. The number of nitrogens with zero attached hydrogens (tertiary/aromatic N) is 1. The molecule has 1 N–H and O–H groups in total. The highest BCUT2D eigenvalue weighted by molar-refractivity contribution is 6.09. The molecule has 6 heteroatoms. The SMILES string of the molecule is COc1ccc(CCNC(=O)C2CCN(c3ccccc3)C2=O)cc1OC. The maximum Gasteiger partial charge on any atom is 0.239 e. The largest absolute Gasteiger partial charge is 0.493 e. The molecular formula is C21H24N2O4. The van der Waals surface area contributed by atoms with Gasteiger partial charge in [-0.05, 0) is 42.7 Å². The van der Waals surface area contributed by atoms with Crippen molar-refractivity contribution in [1.29, 1.82) is 0 Å². The maximum atomic E-state index is 12.6. The van der Waals surface area contributed by atoms with Gasteiger partial charge in [-0.2, -0.15) is 0 Å². The summed E-state index contributed by atoms with van der Waals surface area (Å²) < 4.78 is 10.5. The van der Waals surface area contributed by atoms with Crippen LogP contribution in [0, 0.1) is 5.92 Å². The molecule has 142 valence electrons. The van der Waals surface area contributed by atoms with Crippen molar-refractivity contribution in [2.75, 3.05) is 32.2 Å². The number of methoxy groups -OCH3 is 2. The van der Waals surface area contributed by atoms with E-state index in [1.54, 1.807) is 19.1 Å². The minimum atomic E-state index is -0.615. The molecular weight excluding hydrogens is 344 g/mol. The van der Waals surface area contributed by atoms with E-state index in [2.05, 4.69) is 5.32 Å². The van der Waals surface area contributed by atoms with Crippen LogP contribution in [0.1, 0.15) is 12.0 Å². The lowest BCUT2D eigenvalue weighted by atomic mass is 10.1. The van der Waals surface area contributed by atoms with E-state index in [9.17, 15) is 9.59 Å². The van der Waals surface area contributed by atoms with Crippen LogP contribution in [0.2, 0.25) is 0 Å². The summed E-state index contributed by atoms with van der Waals surface area (Å²) in [5.41, 5.74) is 1.86. The number of nitrogens with one attached hydrogen (secondary N) is 1. The van der Waals surface area contributed by atoms with Crippen LogP contribution in [0.3, 0.4) is 0 Å². The summed E-state index contributed by atoms with van der Waals surface area (Å²) in [4.78, 5) is 26.7. The van der Waals surface area contributed by atoms with Gasteiger partial charge in [0.15, 0.2) is 11.5 Å². The van der Waals surface area contributed by atoms with Crippen LogP contribution in [0.15, 0.2) is 48.5 Å². The van der Waals surface area contributed by atoms with Crippen molar-refractivity contribution >= 4 is 17.5 Å². The highest BCUT2D eigenvalue weighted by Crippen LogP contribution is 2.28. The van der Waals surface area contributed by atoms with Crippen LogP contribution in [0.5, 0.6) is 11.5 Å². The Balaban J connectivity index is 1.53. The molecule has 2 aromatic carbocycles. The molecule has 3 rings (SSSR count). The number of anilines is 1. The molecule has 0 spiro atoms. The number of amides is 2. The van der Waals surface area contributed by atoms with E-state index in [1.165, 1.54) is 0 Å². The first-order chi connectivity index (χ1) is 13.1. The highest BCUT2D eigenvalue weighted by Gasteiger charge is 2.37. The number of carbonyl (C=O) groups is 2. The van der Waals surface area contributed by atoms with E-state index in [0.717, 1.165) is 11.3 Å². The standard InChI is InChI=1S/C21H24N2O4/c1-26-18-9-8-15(14-19(18)27-2)10-12-22-20(24)17-11-13-23(21(17)25)16-6-4-3-5-7-16/h3-9,14,17H,10-13H2,1-2H3,(H,22,24). The molecule has 6 nitrogen and oxygen atoms in total. The molecule has 1 heterocycles. The Bertz CT molecular complexity index is 807. The first kappa shape index (κ1) is 18.8. The van der Waals surface area contributed by atoms with Crippen molar-refractivity contribution in [3.8, 4) is 11.5 Å². The third-order valence-electron chi connectivity index (χ3n) is 4.75. The monoisotopic (exact) mass is 368 g/mol. The fourth-order valence-corrected chi connectivity index (χ4v) is 3.28. The summed E-state index contributed by atoms with van der Waals surface area (Å²) in [6.45, 7) is 1.03. The Kier molecular flexibility index (Phi) is 5.96. The summed E-state index contributed by atoms with van der Waals surface area (Å²) in [6, 6.07) is 15.1. The number of carbonyl (C=O) groups excluding carboxylic acids is 2. The summed E-state index contributed by atoms with van der Waals surface area (Å²) >= 11 is 0. The van der Waals surface area contributed by atoms with Crippen molar-refractivity contribution in [3.63, 3.8) is 0 Å². The fourth-order valence-electron chi connectivity index (χ4n) is 3.28. The van der Waals surface area contributed by atoms with E-state index in [-0.39, 0.29) is 11.8 Å². The smallest absolute Gasteiger partial charge is 0.239 e. The first-order valence-corrected chi connectivity index (χ1v) is 8.99. The van der Waals surface area contributed by atoms with Gasteiger partial charge in [-0.3, -0.25) is 9.59 Å². The van der Waals surface area contributed by atoms with Gasteiger partial charge in [0.2, 0.25) is 11.8 Å². The van der Waals surface area contributed by atoms with Gasteiger partial charge in [0, 0.05) is 18.8 Å². The lowest BCUT2D eigenvalue weighted by molar-refractivity contribution is -0.132. The number of hydrogen-bond donors (Lipinski definition) is 1. The Morgan fingerprint density at radius 3 is 2.56 bits per heavy atom. The predicted octanol–water partition coefficient (Wildman–Crippen LogP) is 2.42. The molecule has 27 heavy (non-hydrogen) atoms. The molecule has 0 saturated carbocycles. The van der Waals surface area contributed by atoms with Crippen LogP contribution in [-0.4, -0.2) is 39.1 Å². The van der Waals surface area contributed by atoms with E-state index >= 15 is 0 Å². The molecule has 0 radical (unpaired) electrons. The molecule has 0 bridgehead atoms. The topological polar surface area (TPSA) is 67.9 Å². The molecule has 1 aliphatic rings. The molecule has 0 aromatic heterocycles. The van der Waals surface area contributed by atoms with Crippen molar-refractivity contribution in [1.82, 2.24) is 5.32 Å². The summed E-state index contributed by atoms with van der Waals surface area (Å²) in [5, 5.41) is 2.88. The predicted molar refractivity (Wildman–Crippen MR) is 103 cm³/mol. The summed E-state index contributed by atoms with van der Waals surface area (Å²) in [7, 11) is 3.18. The molecule has 2 amide bonds. The number of para-hydroxylation sites is 1. The lowest BCUT2D eigenvalue weighted by Gasteiger charge is -2.16. The van der Waals surface area contributed by atoms with E-state index in [1.807, 2.05) is 48.5 Å². The maximum absolute atomic E-state index is 12.6. The van der Waals surface area contributed by atoms with Gasteiger partial charge in [0.25, 0.3) is 0 Å². The number of benzene rings is 2. The third kappa shape index (κ3) is 4.22. The minimum Gasteiger partial charge on any atom is -0.493 e. The Hall–Kier alpha value is -3.02. The lowest BCUT2D eigenvalue weighted by Crippen LogP contribution is -2.37. The number of hydrogen-bond acceptors (Lipinski definition) is 4. The first-order valence-electron chi connectivity index (χ1n) is 8.99. The fraction of sp³-hybridized carbons (Fsp3) is 0.333. The highest BCUT2D eigenvalue weighted by atomic mass is 16.5. The molecule has 2 aromatic rings. The normalized spacial score (nSPS) is 16.3. The van der Waals surface area contributed by atoms with Gasteiger partial charge in [-0.15, -0.1) is 0 Å². The Labute approximate surface area is 159 Å². The second kappa shape index (κ2) is 8.58. The average Bonchev–Trinajstić information content (AvgIpc) is 3.09. The second-order valence-electron chi connectivity index (χ2n) is 6.40. The number of ether oxygens (including phenoxy) is 2. The summed E-state index contributed by atoms with van der Waals surface area (Å²) in [5.74, 6) is 0.368. The third-order valence-corrected chi connectivity index (χ3v) is 4.75. The summed E-state index contributed by atoms with van der Waals surface area (Å²) in [6.07, 6.45) is 1.19. The number of rotatable bonds is 7. The van der Waals surface area contributed by atoms with E-state index in [0.29, 0.717) is 37.4 Å². The molecule has 1 aliphatic heterocycles. The van der Waals surface area contributed by atoms with E-state index < -0.39 is 5.92 Å². The molecule has 1 saturated heterocycles. The van der Waals surface area contributed by atoms with Gasteiger partial charge in [0.1, 0.15) is 5.92 Å². The van der Waals surface area contributed by atoms with Crippen LogP contribution in [0.25, 0.3) is 0 Å². The second-order valence-corrected chi connectivity index (χ2v) is 6.40. The van der Waals surface area contributed by atoms with Crippen LogP contribution < -0.4 is 19.7 Å². The average molecular weight is 368 g/mol. The van der Waals surface area contributed by atoms with Crippen molar-refractivity contribution in [3.05, 3.63) is 54.1 Å².